The van der Waals surface area contributed by atoms with E-state index in [1.54, 1.807) is 0 Å². The van der Waals surface area contributed by atoms with Crippen LogP contribution in [0.25, 0.3) is 23.0 Å². The van der Waals surface area contributed by atoms with Crippen LogP contribution in [0.1, 0.15) is 49.6 Å². The predicted molar refractivity (Wildman–Crippen MR) is 137 cm³/mol. The number of aryl methyl sites for hydroxylation is 1. The van der Waals surface area contributed by atoms with Gasteiger partial charge in [0.05, 0.1) is 12.6 Å². The number of alkyl halides is 3. The quantitative estimate of drug-likeness (QED) is 0.243. The lowest BCUT2D eigenvalue weighted by molar-refractivity contribution is -0.274. The van der Waals surface area contributed by atoms with Gasteiger partial charge in [0.1, 0.15) is 5.75 Å². The third-order valence-corrected chi connectivity index (χ3v) is 6.88. The molecule has 4 aromatic rings. The minimum absolute atomic E-state index is 0.223. The molecule has 1 aliphatic carbocycles. The molecule has 206 valence electrons. The number of aromatic nitrogens is 5. The maximum atomic E-state index is 12.4. The van der Waals surface area contributed by atoms with Gasteiger partial charge in [0.25, 0.3) is 5.89 Å². The zero-order valence-corrected chi connectivity index (χ0v) is 21.8. The minimum atomic E-state index is -4.75. The van der Waals surface area contributed by atoms with Crippen molar-refractivity contribution in [1.82, 2.24) is 24.9 Å². The fraction of sp³-hybridized carbons (Fsp3) is 0.429. The lowest BCUT2D eigenvalue weighted by Gasteiger charge is -2.28. The fourth-order valence-electron chi connectivity index (χ4n) is 4.97. The summed E-state index contributed by atoms with van der Waals surface area (Å²) in [6.07, 6.45) is 3.02. The van der Waals surface area contributed by atoms with Crippen LogP contribution < -0.4 is 4.74 Å². The molecule has 0 atom stereocenters. The fourth-order valence-corrected chi connectivity index (χ4v) is 4.97. The molecule has 0 radical (unpaired) electrons. The summed E-state index contributed by atoms with van der Waals surface area (Å²) < 4.78 is 54.1. The minimum Gasteiger partial charge on any atom is -0.406 e. The Morgan fingerprint density at radius 3 is 2.54 bits per heavy atom. The first-order chi connectivity index (χ1) is 18.8. The third-order valence-electron chi connectivity index (χ3n) is 6.88. The van der Waals surface area contributed by atoms with E-state index >= 15 is 0 Å². The van der Waals surface area contributed by atoms with E-state index < -0.39 is 6.36 Å². The second-order valence-electron chi connectivity index (χ2n) is 9.78. The van der Waals surface area contributed by atoms with E-state index in [2.05, 4.69) is 31.0 Å². The number of benzene rings is 1. The van der Waals surface area contributed by atoms with Crippen molar-refractivity contribution in [3.05, 3.63) is 65.6 Å². The van der Waals surface area contributed by atoms with E-state index in [-0.39, 0.29) is 17.5 Å². The van der Waals surface area contributed by atoms with Crippen LogP contribution in [0.5, 0.6) is 5.75 Å². The topological polar surface area (TPSA) is 88.1 Å². The molecular weight excluding hydrogens is 511 g/mol. The van der Waals surface area contributed by atoms with Gasteiger partial charge >= 0.3 is 6.36 Å². The number of hydrogen-bond donors (Lipinski definition) is 0. The Bertz CT molecular complexity index is 1380. The van der Waals surface area contributed by atoms with Gasteiger partial charge in [-0.2, -0.15) is 10.1 Å². The lowest BCUT2D eigenvalue weighted by Crippen LogP contribution is -2.23. The molecular formula is C28H30F3N5O3. The molecule has 0 saturated heterocycles. The first kappa shape index (κ1) is 26.9. The normalized spacial score (nSPS) is 17.9. The largest absolute Gasteiger partial charge is 0.573 e. The van der Waals surface area contributed by atoms with Crippen LogP contribution >= 0.6 is 0 Å². The first-order valence-electron chi connectivity index (χ1n) is 13.1. The van der Waals surface area contributed by atoms with Crippen LogP contribution in [0.3, 0.4) is 0 Å². The summed E-state index contributed by atoms with van der Waals surface area (Å²) in [7, 11) is 0. The van der Waals surface area contributed by atoms with Gasteiger partial charge in [-0.3, -0.25) is 9.67 Å². The highest BCUT2D eigenvalue weighted by Crippen LogP contribution is 2.29. The summed E-state index contributed by atoms with van der Waals surface area (Å²) in [5, 5.41) is 8.61. The SMILES string of the molecule is CCOC1CCC(Cc2cc(Cn3nc(-c4nc(-c5ccc(OC(F)(F)F)cc5)no4)cc3C)ccn2)CC1. The van der Waals surface area contributed by atoms with Crippen molar-refractivity contribution in [3.8, 4) is 28.7 Å². The number of ether oxygens (including phenoxy) is 2. The summed E-state index contributed by atoms with van der Waals surface area (Å²) in [6.45, 7) is 5.35. The number of rotatable bonds is 9. The van der Waals surface area contributed by atoms with Gasteiger partial charge < -0.3 is 14.0 Å². The van der Waals surface area contributed by atoms with Crippen molar-refractivity contribution in [2.45, 2.75) is 65.0 Å². The highest BCUT2D eigenvalue weighted by molar-refractivity contribution is 5.58. The maximum Gasteiger partial charge on any atom is 0.573 e. The molecule has 1 aromatic carbocycles. The van der Waals surface area contributed by atoms with Gasteiger partial charge in [0.15, 0.2) is 5.69 Å². The van der Waals surface area contributed by atoms with E-state index in [9.17, 15) is 13.2 Å². The number of halogens is 3. The standard InChI is InChI=1S/C28H30F3N5O3/c1-3-37-23-8-4-19(5-9-23)15-22-16-20(12-13-32-22)17-36-18(2)14-25(34-36)27-33-26(35-39-27)21-6-10-24(11-7-21)38-28(29,30)31/h6-7,10-14,16,19,23H,3-5,8-9,15,17H2,1-2H3. The summed E-state index contributed by atoms with van der Waals surface area (Å²) in [5.74, 6) is 0.769. The average Bonchev–Trinajstić information content (AvgIpc) is 3.52. The lowest BCUT2D eigenvalue weighted by atomic mass is 9.84. The monoisotopic (exact) mass is 541 g/mol. The maximum absolute atomic E-state index is 12.4. The third kappa shape index (κ3) is 7.03. The molecule has 8 nitrogen and oxygen atoms in total. The molecule has 1 fully saturated rings. The Labute approximate surface area is 224 Å². The molecule has 0 N–H and O–H groups in total. The predicted octanol–water partition coefficient (Wildman–Crippen LogP) is 6.39. The molecule has 0 unspecified atom stereocenters. The Kier molecular flexibility index (Phi) is 7.97. The summed E-state index contributed by atoms with van der Waals surface area (Å²) >= 11 is 0. The zero-order chi connectivity index (χ0) is 27.4. The molecule has 0 spiro atoms. The Hall–Kier alpha value is -3.73. The Morgan fingerprint density at radius 1 is 1.05 bits per heavy atom. The van der Waals surface area contributed by atoms with Crippen LogP contribution in [-0.2, 0) is 17.7 Å². The zero-order valence-electron chi connectivity index (χ0n) is 21.8. The molecule has 39 heavy (non-hydrogen) atoms. The summed E-state index contributed by atoms with van der Waals surface area (Å²) in [4.78, 5) is 8.98. The van der Waals surface area contributed by atoms with Gasteiger partial charge in [0.2, 0.25) is 5.82 Å². The molecule has 0 aliphatic heterocycles. The van der Waals surface area contributed by atoms with Crippen molar-refractivity contribution in [1.29, 1.82) is 0 Å². The van der Waals surface area contributed by atoms with Crippen molar-refractivity contribution in [2.75, 3.05) is 6.61 Å². The van der Waals surface area contributed by atoms with E-state index in [1.807, 2.05) is 36.9 Å². The van der Waals surface area contributed by atoms with Gasteiger partial charge in [-0.15, -0.1) is 13.2 Å². The molecule has 5 rings (SSSR count). The van der Waals surface area contributed by atoms with Crippen LogP contribution in [0.4, 0.5) is 13.2 Å². The second-order valence-corrected chi connectivity index (χ2v) is 9.78. The van der Waals surface area contributed by atoms with E-state index in [4.69, 9.17) is 9.26 Å². The smallest absolute Gasteiger partial charge is 0.406 e. The van der Waals surface area contributed by atoms with Crippen LogP contribution in [0.15, 0.2) is 53.2 Å². The average molecular weight is 542 g/mol. The van der Waals surface area contributed by atoms with Gasteiger partial charge in [0, 0.05) is 29.8 Å². The summed E-state index contributed by atoms with van der Waals surface area (Å²) in [6, 6.07) is 11.3. The number of nitrogens with zero attached hydrogens (tertiary/aromatic N) is 5. The molecule has 3 aromatic heterocycles. The van der Waals surface area contributed by atoms with Gasteiger partial charge in [-0.1, -0.05) is 5.16 Å². The van der Waals surface area contributed by atoms with Crippen molar-refractivity contribution in [2.24, 2.45) is 5.92 Å². The molecule has 1 saturated carbocycles. The molecule has 1 aliphatic rings. The number of pyridine rings is 1. The highest BCUT2D eigenvalue weighted by Gasteiger charge is 2.31. The molecule has 0 bridgehead atoms. The van der Waals surface area contributed by atoms with Crippen molar-refractivity contribution in [3.63, 3.8) is 0 Å². The highest BCUT2D eigenvalue weighted by atomic mass is 19.4. The molecule has 3 heterocycles. The molecule has 0 amide bonds. The Morgan fingerprint density at radius 2 is 1.82 bits per heavy atom. The van der Waals surface area contributed by atoms with E-state index in [1.165, 1.54) is 24.3 Å². The summed E-state index contributed by atoms with van der Waals surface area (Å²) in [5.41, 5.74) is 4.12. The van der Waals surface area contributed by atoms with Gasteiger partial charge in [-0.25, -0.2) is 0 Å². The van der Waals surface area contributed by atoms with Crippen LogP contribution in [0.2, 0.25) is 0 Å². The van der Waals surface area contributed by atoms with E-state index in [0.29, 0.717) is 29.8 Å². The molecule has 11 heteroatoms. The van der Waals surface area contributed by atoms with Crippen molar-refractivity contribution < 1.29 is 27.2 Å². The van der Waals surface area contributed by atoms with Crippen LogP contribution in [-0.4, -0.2) is 44.0 Å². The van der Waals surface area contributed by atoms with Crippen LogP contribution in [0, 0.1) is 12.8 Å². The Balaban J connectivity index is 1.23. The second kappa shape index (κ2) is 11.6. The van der Waals surface area contributed by atoms with Crippen molar-refractivity contribution >= 4 is 0 Å². The number of hydrogen-bond acceptors (Lipinski definition) is 7. The first-order valence-corrected chi connectivity index (χ1v) is 13.1. The van der Waals surface area contributed by atoms with Gasteiger partial charge in [-0.05, 0) is 99.9 Å². The van der Waals surface area contributed by atoms with E-state index in [0.717, 1.165) is 55.7 Å².